The molecule has 9 heteroatoms. The van der Waals surface area contributed by atoms with Crippen molar-refractivity contribution in [3.05, 3.63) is 95.8 Å². The van der Waals surface area contributed by atoms with Crippen molar-refractivity contribution in [2.45, 2.75) is 18.3 Å². The Morgan fingerprint density at radius 1 is 0.788 bits per heavy atom. The fourth-order valence-corrected chi connectivity index (χ4v) is 4.30. The first-order valence-electron chi connectivity index (χ1n) is 10.1. The lowest BCUT2D eigenvalue weighted by Gasteiger charge is -2.29. The van der Waals surface area contributed by atoms with Crippen molar-refractivity contribution in [2.24, 2.45) is 5.92 Å². The highest BCUT2D eigenvalue weighted by atomic mass is 19.4. The zero-order valence-electron chi connectivity index (χ0n) is 16.9. The molecular weight excluding hydrogens is 440 g/mol. The number of imide groups is 1. The number of hydrogen-bond acceptors (Lipinski definition) is 4. The quantitative estimate of drug-likeness (QED) is 0.416. The van der Waals surface area contributed by atoms with Crippen molar-refractivity contribution in [1.82, 2.24) is 0 Å². The van der Waals surface area contributed by atoms with Crippen LogP contribution < -0.4 is 9.96 Å². The van der Waals surface area contributed by atoms with Crippen molar-refractivity contribution in [2.75, 3.05) is 9.96 Å². The van der Waals surface area contributed by atoms with Gasteiger partial charge in [0.05, 0.1) is 23.0 Å². The van der Waals surface area contributed by atoms with Gasteiger partial charge in [0.15, 0.2) is 6.10 Å². The van der Waals surface area contributed by atoms with Gasteiger partial charge in [0.2, 0.25) is 5.91 Å². The Morgan fingerprint density at radius 3 is 2.15 bits per heavy atom. The van der Waals surface area contributed by atoms with Crippen LogP contribution in [0.15, 0.2) is 78.9 Å². The first-order chi connectivity index (χ1) is 15.8. The van der Waals surface area contributed by atoms with E-state index in [2.05, 4.69) is 0 Å². The van der Waals surface area contributed by atoms with Gasteiger partial charge in [0.1, 0.15) is 11.7 Å². The lowest BCUT2D eigenvalue weighted by atomic mass is 9.89. The summed E-state index contributed by atoms with van der Waals surface area (Å²) in [6.07, 6.45) is -5.82. The molecule has 0 bridgehead atoms. The summed E-state index contributed by atoms with van der Waals surface area (Å²) in [7, 11) is 0. The number of nitrogens with zero attached hydrogens (tertiary/aromatic N) is 2. The third kappa shape index (κ3) is 3.54. The zero-order chi connectivity index (χ0) is 23.3. The Hall–Kier alpha value is -3.72. The minimum atomic E-state index is -4.58. The van der Waals surface area contributed by atoms with E-state index in [1.807, 2.05) is 0 Å². The molecule has 2 aliphatic rings. The predicted octanol–water partition coefficient (Wildman–Crippen LogP) is 4.90. The molecule has 3 aromatic carbocycles. The van der Waals surface area contributed by atoms with Crippen LogP contribution in [0.2, 0.25) is 0 Å². The molecular formula is C24H16F4N2O3. The fraction of sp³-hybridized carbons (Fsp3) is 0.167. The van der Waals surface area contributed by atoms with Crippen LogP contribution >= 0.6 is 0 Å². The van der Waals surface area contributed by atoms with Crippen molar-refractivity contribution in [3.63, 3.8) is 0 Å². The molecule has 0 unspecified atom stereocenters. The number of carbonyl (C=O) groups is 2. The Bertz CT molecular complexity index is 1210. The van der Waals surface area contributed by atoms with Gasteiger partial charge in [0.25, 0.3) is 5.91 Å². The summed E-state index contributed by atoms with van der Waals surface area (Å²) in [6.45, 7) is 0. The van der Waals surface area contributed by atoms with Crippen LogP contribution in [-0.2, 0) is 20.6 Å². The maximum atomic E-state index is 13.4. The van der Waals surface area contributed by atoms with Gasteiger partial charge in [-0.1, -0.05) is 30.3 Å². The van der Waals surface area contributed by atoms with Gasteiger partial charge in [-0.25, -0.2) is 14.4 Å². The Labute approximate surface area is 185 Å². The number of amides is 2. The third-order valence-electron chi connectivity index (χ3n) is 5.77. The number of fused-ring (bicyclic) bond motifs is 1. The SMILES string of the molecule is O=C1[C@@H]2[C@H](ON(c3ccccc3)[C@H]2c2cccc(C(F)(F)F)c2)C(=O)N1c1ccc(F)cc1. The van der Waals surface area contributed by atoms with Crippen LogP contribution in [0.1, 0.15) is 17.2 Å². The molecule has 2 saturated heterocycles. The van der Waals surface area contributed by atoms with Gasteiger partial charge in [0, 0.05) is 0 Å². The second kappa shape index (κ2) is 7.70. The van der Waals surface area contributed by atoms with Gasteiger partial charge in [-0.15, -0.1) is 0 Å². The number of hydroxylamine groups is 1. The summed E-state index contributed by atoms with van der Waals surface area (Å²) in [5.74, 6) is -2.91. The highest BCUT2D eigenvalue weighted by Crippen LogP contribution is 2.48. The molecule has 0 aliphatic carbocycles. The molecule has 2 amide bonds. The molecule has 3 aromatic rings. The minimum absolute atomic E-state index is 0.165. The largest absolute Gasteiger partial charge is 0.416 e. The summed E-state index contributed by atoms with van der Waals surface area (Å²) >= 11 is 0. The highest BCUT2D eigenvalue weighted by Gasteiger charge is 2.60. The zero-order valence-corrected chi connectivity index (χ0v) is 16.9. The highest BCUT2D eigenvalue weighted by molar-refractivity contribution is 6.23. The molecule has 2 aliphatic heterocycles. The van der Waals surface area contributed by atoms with Gasteiger partial charge in [-0.3, -0.25) is 14.4 Å². The number of halogens is 4. The maximum Gasteiger partial charge on any atom is 0.416 e. The summed E-state index contributed by atoms with van der Waals surface area (Å²) < 4.78 is 53.5. The van der Waals surface area contributed by atoms with E-state index < -0.39 is 47.4 Å². The van der Waals surface area contributed by atoms with Gasteiger partial charge < -0.3 is 0 Å². The summed E-state index contributed by atoms with van der Waals surface area (Å²) in [6, 6.07) is 17.0. The number of carbonyl (C=O) groups excluding carboxylic acids is 2. The van der Waals surface area contributed by atoms with Crippen LogP contribution in [-0.4, -0.2) is 17.9 Å². The van der Waals surface area contributed by atoms with E-state index in [-0.39, 0.29) is 11.3 Å². The molecule has 168 valence electrons. The molecule has 33 heavy (non-hydrogen) atoms. The maximum absolute atomic E-state index is 13.4. The Balaban J connectivity index is 1.60. The van der Waals surface area contributed by atoms with E-state index >= 15 is 0 Å². The molecule has 3 atom stereocenters. The lowest BCUT2D eigenvalue weighted by molar-refractivity contribution is -0.137. The van der Waals surface area contributed by atoms with Gasteiger partial charge in [-0.05, 0) is 54.1 Å². The van der Waals surface area contributed by atoms with Crippen LogP contribution in [0, 0.1) is 11.7 Å². The second-order valence-electron chi connectivity index (χ2n) is 7.77. The van der Waals surface area contributed by atoms with Crippen molar-refractivity contribution in [3.8, 4) is 0 Å². The summed E-state index contributed by atoms with van der Waals surface area (Å²) in [5.41, 5.74) is -0.0337. The average Bonchev–Trinajstić information content (AvgIpc) is 3.31. The standard InChI is InChI=1S/C24H16F4N2O3/c25-16-9-11-17(12-10-16)29-22(31)19-20(14-5-4-6-15(13-14)24(26,27)28)30(33-21(19)23(29)32)18-7-2-1-3-8-18/h1-13,19-21H/t19-,20-,21-/m0/s1. The molecule has 5 rings (SSSR count). The molecule has 2 fully saturated rings. The Morgan fingerprint density at radius 2 is 1.48 bits per heavy atom. The number of benzene rings is 3. The smallest absolute Gasteiger partial charge is 0.273 e. The normalized spacial score (nSPS) is 22.7. The number of rotatable bonds is 3. The second-order valence-corrected chi connectivity index (χ2v) is 7.77. The van der Waals surface area contributed by atoms with Crippen molar-refractivity contribution in [1.29, 1.82) is 0 Å². The van der Waals surface area contributed by atoms with Crippen LogP contribution in [0.5, 0.6) is 0 Å². The molecule has 0 saturated carbocycles. The molecule has 0 radical (unpaired) electrons. The van der Waals surface area contributed by atoms with Crippen molar-refractivity contribution < 1.29 is 32.0 Å². The monoisotopic (exact) mass is 456 g/mol. The molecule has 0 spiro atoms. The van der Waals surface area contributed by atoms with Crippen LogP contribution in [0.4, 0.5) is 28.9 Å². The topological polar surface area (TPSA) is 49.9 Å². The average molecular weight is 456 g/mol. The first-order valence-corrected chi connectivity index (χ1v) is 10.1. The van der Waals surface area contributed by atoms with E-state index in [1.165, 1.54) is 29.3 Å². The molecule has 5 nitrogen and oxygen atoms in total. The number of anilines is 2. The van der Waals surface area contributed by atoms with Crippen molar-refractivity contribution >= 4 is 23.2 Å². The summed E-state index contributed by atoms with van der Waals surface area (Å²) in [4.78, 5) is 33.3. The van der Waals surface area contributed by atoms with Crippen LogP contribution in [0.3, 0.4) is 0 Å². The van der Waals surface area contributed by atoms with Gasteiger partial charge in [-0.2, -0.15) is 13.2 Å². The number of alkyl halides is 3. The molecule has 0 aromatic heterocycles. The molecule has 0 N–H and O–H groups in total. The fourth-order valence-electron chi connectivity index (χ4n) is 4.30. The van der Waals surface area contributed by atoms with Gasteiger partial charge >= 0.3 is 6.18 Å². The van der Waals surface area contributed by atoms with E-state index in [0.29, 0.717) is 5.69 Å². The number of hydrogen-bond donors (Lipinski definition) is 0. The van der Waals surface area contributed by atoms with E-state index in [0.717, 1.165) is 29.2 Å². The first kappa shape index (κ1) is 21.1. The van der Waals surface area contributed by atoms with Crippen LogP contribution in [0.25, 0.3) is 0 Å². The van der Waals surface area contributed by atoms with E-state index in [4.69, 9.17) is 4.84 Å². The number of para-hydroxylation sites is 1. The summed E-state index contributed by atoms with van der Waals surface area (Å²) in [5, 5.41) is 1.32. The molecule has 2 heterocycles. The third-order valence-corrected chi connectivity index (χ3v) is 5.77. The van der Waals surface area contributed by atoms with E-state index in [1.54, 1.807) is 30.3 Å². The minimum Gasteiger partial charge on any atom is -0.273 e. The lowest BCUT2D eigenvalue weighted by Crippen LogP contribution is -2.37. The predicted molar refractivity (Wildman–Crippen MR) is 110 cm³/mol. The Kier molecular flexibility index (Phi) is 4.93. The van der Waals surface area contributed by atoms with E-state index in [9.17, 15) is 27.2 Å².